The van der Waals surface area contributed by atoms with Gasteiger partial charge in [-0.15, -0.1) is 0 Å². The van der Waals surface area contributed by atoms with Crippen LogP contribution in [0.2, 0.25) is 0 Å². The Morgan fingerprint density at radius 2 is 1.97 bits per heavy atom. The molecule has 2 N–H and O–H groups in total. The number of rotatable bonds is 6. The molecule has 0 bridgehead atoms. The van der Waals surface area contributed by atoms with Crippen LogP contribution in [-0.2, 0) is 6.42 Å². The summed E-state index contributed by atoms with van der Waals surface area (Å²) in [5.41, 5.74) is 1.04. The lowest BCUT2D eigenvalue weighted by Gasteiger charge is -2.36. The lowest BCUT2D eigenvalue weighted by atomic mass is 10.3. The molecule has 8 nitrogen and oxygen atoms in total. The largest absolute Gasteiger partial charge is 0.360 e. The highest BCUT2D eigenvalue weighted by atomic mass is 32.1. The molecule has 29 heavy (non-hydrogen) atoms. The highest BCUT2D eigenvalue weighted by Crippen LogP contribution is 2.25. The molecule has 0 spiro atoms. The normalized spacial score (nSPS) is 15.2. The van der Waals surface area contributed by atoms with E-state index in [1.807, 2.05) is 25.2 Å². The fraction of sp³-hybridized carbons (Fsp3) is 0.474. The number of benzene rings is 1. The van der Waals surface area contributed by atoms with Gasteiger partial charge in [-0.2, -0.15) is 4.37 Å². The SMILES string of the molecule is CCc1nsc(N2CCN(C(=NC)NCCNc3nc4ccccc4s3)CC2)n1. The highest BCUT2D eigenvalue weighted by molar-refractivity contribution is 7.22. The van der Waals surface area contributed by atoms with Gasteiger partial charge in [-0.3, -0.25) is 4.99 Å². The Morgan fingerprint density at radius 3 is 2.69 bits per heavy atom. The molecule has 1 fully saturated rings. The smallest absolute Gasteiger partial charge is 0.205 e. The van der Waals surface area contributed by atoms with E-state index in [2.05, 4.69) is 52.8 Å². The molecular formula is C19H26N8S2. The van der Waals surface area contributed by atoms with Gasteiger partial charge in [-0.1, -0.05) is 30.4 Å². The molecular weight excluding hydrogens is 404 g/mol. The lowest BCUT2D eigenvalue weighted by molar-refractivity contribution is 0.373. The van der Waals surface area contributed by atoms with Crippen molar-refractivity contribution in [1.82, 2.24) is 24.6 Å². The molecule has 3 heterocycles. The van der Waals surface area contributed by atoms with Gasteiger partial charge in [0.25, 0.3) is 0 Å². The van der Waals surface area contributed by atoms with Crippen LogP contribution in [0.25, 0.3) is 10.2 Å². The van der Waals surface area contributed by atoms with Crippen molar-refractivity contribution in [2.75, 3.05) is 56.5 Å². The Labute approximate surface area is 178 Å². The second-order valence-electron chi connectivity index (χ2n) is 6.71. The number of aryl methyl sites for hydroxylation is 1. The monoisotopic (exact) mass is 430 g/mol. The van der Waals surface area contributed by atoms with E-state index in [9.17, 15) is 0 Å². The van der Waals surface area contributed by atoms with Crippen LogP contribution in [-0.4, -0.2) is 71.5 Å². The maximum Gasteiger partial charge on any atom is 0.205 e. The third kappa shape index (κ3) is 4.76. The summed E-state index contributed by atoms with van der Waals surface area (Å²) in [7, 11) is 1.84. The van der Waals surface area contributed by atoms with E-state index in [4.69, 9.17) is 0 Å². The van der Waals surface area contributed by atoms with Crippen molar-refractivity contribution in [3.05, 3.63) is 30.1 Å². The summed E-state index contributed by atoms with van der Waals surface area (Å²) in [6.45, 7) is 7.39. The van der Waals surface area contributed by atoms with E-state index < -0.39 is 0 Å². The molecule has 154 valence electrons. The Hall–Kier alpha value is -2.46. The molecule has 1 saturated heterocycles. The van der Waals surface area contributed by atoms with Crippen molar-refractivity contribution < 1.29 is 0 Å². The van der Waals surface area contributed by atoms with E-state index >= 15 is 0 Å². The molecule has 1 aliphatic heterocycles. The average molecular weight is 431 g/mol. The molecule has 0 saturated carbocycles. The minimum Gasteiger partial charge on any atom is -0.360 e. The number of para-hydroxylation sites is 1. The summed E-state index contributed by atoms with van der Waals surface area (Å²) in [6.07, 6.45) is 0.887. The van der Waals surface area contributed by atoms with Crippen molar-refractivity contribution in [3.63, 3.8) is 0 Å². The number of nitrogens with zero attached hydrogens (tertiary/aromatic N) is 6. The minimum atomic E-state index is 0.791. The Bertz CT molecular complexity index is 925. The van der Waals surface area contributed by atoms with E-state index in [0.717, 1.165) is 73.3 Å². The number of nitrogens with one attached hydrogen (secondary N) is 2. The van der Waals surface area contributed by atoms with Gasteiger partial charge in [0.05, 0.1) is 10.2 Å². The Morgan fingerprint density at radius 1 is 1.14 bits per heavy atom. The molecule has 3 aromatic rings. The predicted molar refractivity (Wildman–Crippen MR) is 123 cm³/mol. The summed E-state index contributed by atoms with van der Waals surface area (Å²) >= 11 is 3.18. The second kappa shape index (κ2) is 9.36. The maximum atomic E-state index is 4.61. The molecule has 2 aromatic heterocycles. The molecule has 1 aromatic carbocycles. The summed E-state index contributed by atoms with van der Waals surface area (Å²) in [6, 6.07) is 8.21. The zero-order chi connectivity index (χ0) is 20.1. The average Bonchev–Trinajstić information content (AvgIpc) is 3.41. The standard InChI is InChI=1S/C19H26N8S2/c1-3-16-24-19(29-25-16)27-12-10-26(11-13-27)17(20-2)21-8-9-22-18-23-14-6-4-5-7-15(14)28-18/h4-7H,3,8-13H2,1-2H3,(H,20,21)(H,22,23). The predicted octanol–water partition coefficient (Wildman–Crippen LogP) is 2.52. The zero-order valence-corrected chi connectivity index (χ0v) is 18.4. The zero-order valence-electron chi connectivity index (χ0n) is 16.8. The lowest BCUT2D eigenvalue weighted by Crippen LogP contribution is -2.53. The van der Waals surface area contributed by atoms with Crippen LogP contribution in [0.4, 0.5) is 10.3 Å². The molecule has 0 amide bonds. The maximum absolute atomic E-state index is 4.61. The van der Waals surface area contributed by atoms with Crippen LogP contribution >= 0.6 is 22.9 Å². The molecule has 0 unspecified atom stereocenters. The first-order valence-electron chi connectivity index (χ1n) is 9.89. The van der Waals surface area contributed by atoms with Crippen molar-refractivity contribution in [1.29, 1.82) is 0 Å². The van der Waals surface area contributed by atoms with E-state index in [1.165, 1.54) is 16.2 Å². The van der Waals surface area contributed by atoms with Gasteiger partial charge in [0, 0.05) is 64.3 Å². The topological polar surface area (TPSA) is 81.6 Å². The molecule has 0 atom stereocenters. The van der Waals surface area contributed by atoms with Gasteiger partial charge >= 0.3 is 0 Å². The molecule has 4 rings (SSSR count). The van der Waals surface area contributed by atoms with Gasteiger partial charge in [-0.25, -0.2) is 9.97 Å². The number of hydrogen-bond acceptors (Lipinski definition) is 8. The quantitative estimate of drug-likeness (QED) is 0.353. The Balaban J connectivity index is 1.22. The number of aliphatic imine (C=N–C) groups is 1. The number of guanidine groups is 1. The van der Waals surface area contributed by atoms with Crippen molar-refractivity contribution >= 4 is 49.3 Å². The number of thiazole rings is 1. The first-order chi connectivity index (χ1) is 14.3. The van der Waals surface area contributed by atoms with Gasteiger partial charge in [0.15, 0.2) is 11.1 Å². The van der Waals surface area contributed by atoms with Crippen LogP contribution in [0.1, 0.15) is 12.7 Å². The van der Waals surface area contributed by atoms with Gasteiger partial charge in [0.2, 0.25) is 5.13 Å². The molecule has 0 aliphatic carbocycles. The van der Waals surface area contributed by atoms with Crippen molar-refractivity contribution in [2.45, 2.75) is 13.3 Å². The third-order valence-corrected chi connectivity index (χ3v) is 6.62. The molecule has 0 radical (unpaired) electrons. The molecule has 10 heteroatoms. The summed E-state index contributed by atoms with van der Waals surface area (Å²) in [5.74, 6) is 1.88. The van der Waals surface area contributed by atoms with Crippen LogP contribution in [0, 0.1) is 0 Å². The second-order valence-corrected chi connectivity index (χ2v) is 8.47. The molecule has 1 aliphatic rings. The highest BCUT2D eigenvalue weighted by Gasteiger charge is 2.21. The van der Waals surface area contributed by atoms with Crippen LogP contribution in [0.5, 0.6) is 0 Å². The van der Waals surface area contributed by atoms with Crippen molar-refractivity contribution in [2.24, 2.45) is 4.99 Å². The third-order valence-electron chi connectivity index (χ3n) is 4.81. The minimum absolute atomic E-state index is 0.791. The summed E-state index contributed by atoms with van der Waals surface area (Å²) in [4.78, 5) is 18.3. The van der Waals surface area contributed by atoms with Crippen molar-refractivity contribution in [3.8, 4) is 0 Å². The van der Waals surface area contributed by atoms with Crippen LogP contribution in [0.15, 0.2) is 29.3 Å². The summed E-state index contributed by atoms with van der Waals surface area (Å²) < 4.78 is 5.60. The first kappa shape index (κ1) is 19.8. The van der Waals surface area contributed by atoms with E-state index in [-0.39, 0.29) is 0 Å². The number of anilines is 2. The van der Waals surface area contributed by atoms with Gasteiger partial charge < -0.3 is 20.4 Å². The number of aromatic nitrogens is 3. The van der Waals surface area contributed by atoms with E-state index in [1.54, 1.807) is 11.3 Å². The Kier molecular flexibility index (Phi) is 6.40. The number of piperazine rings is 1. The fourth-order valence-corrected chi connectivity index (χ4v) is 4.94. The number of hydrogen-bond donors (Lipinski definition) is 2. The first-order valence-corrected chi connectivity index (χ1v) is 11.5. The van der Waals surface area contributed by atoms with E-state index in [0.29, 0.717) is 0 Å². The van der Waals surface area contributed by atoms with Crippen LogP contribution in [0.3, 0.4) is 0 Å². The number of fused-ring (bicyclic) bond motifs is 1. The van der Waals surface area contributed by atoms with Crippen LogP contribution < -0.4 is 15.5 Å². The fourth-order valence-electron chi connectivity index (χ4n) is 3.25. The van der Waals surface area contributed by atoms with Gasteiger partial charge in [-0.05, 0) is 12.1 Å². The van der Waals surface area contributed by atoms with Gasteiger partial charge in [0.1, 0.15) is 5.82 Å². The summed E-state index contributed by atoms with van der Waals surface area (Å²) in [5, 5.41) is 8.85.